The molecule has 0 spiro atoms. The highest BCUT2D eigenvalue weighted by molar-refractivity contribution is 5.85. The molecule has 0 aromatic heterocycles. The van der Waals surface area contributed by atoms with Crippen LogP contribution >= 0.6 is 12.4 Å². The van der Waals surface area contributed by atoms with Crippen LogP contribution in [0.5, 0.6) is 5.75 Å². The molecule has 1 atom stereocenters. The summed E-state index contributed by atoms with van der Waals surface area (Å²) >= 11 is 0. The lowest BCUT2D eigenvalue weighted by Crippen LogP contribution is -2.21. The predicted octanol–water partition coefficient (Wildman–Crippen LogP) is 6.41. The van der Waals surface area contributed by atoms with Crippen molar-refractivity contribution in [3.63, 3.8) is 0 Å². The van der Waals surface area contributed by atoms with E-state index in [0.29, 0.717) is 6.61 Å². The second kappa shape index (κ2) is 10.7. The fraction of sp³-hybridized carbons (Fsp3) is 0.333. The Morgan fingerprint density at radius 1 is 0.867 bits per heavy atom. The van der Waals surface area contributed by atoms with E-state index in [4.69, 9.17) is 4.74 Å². The smallest absolute Gasteiger partial charge is 0.120 e. The van der Waals surface area contributed by atoms with Crippen LogP contribution in [-0.2, 0) is 19.4 Å². The summed E-state index contributed by atoms with van der Waals surface area (Å²) in [5.41, 5.74) is 6.68. The van der Waals surface area contributed by atoms with E-state index in [9.17, 15) is 0 Å². The highest BCUT2D eigenvalue weighted by Gasteiger charge is 2.19. The third kappa shape index (κ3) is 5.87. The first-order valence-electron chi connectivity index (χ1n) is 10.7. The Morgan fingerprint density at radius 3 is 2.33 bits per heavy atom. The summed E-state index contributed by atoms with van der Waals surface area (Å²) in [7, 11) is 4.32. The molecule has 3 aromatic rings. The molecule has 0 N–H and O–H groups in total. The molecule has 1 aliphatic rings. The Morgan fingerprint density at radius 2 is 1.60 bits per heavy atom. The molecule has 0 heterocycles. The van der Waals surface area contributed by atoms with Crippen LogP contribution < -0.4 is 4.74 Å². The van der Waals surface area contributed by atoms with Crippen molar-refractivity contribution in [2.45, 2.75) is 32.3 Å². The van der Waals surface area contributed by atoms with Crippen molar-refractivity contribution in [3.8, 4) is 16.9 Å². The molecule has 0 aliphatic heterocycles. The third-order valence-corrected chi connectivity index (χ3v) is 5.96. The molecule has 158 valence electrons. The SMILES string of the molecule is CN(C)CCC1CCc2cc(OCc3ccc(-c4ccccc4)cc3)ccc2C1.Cl. The zero-order chi connectivity index (χ0) is 20.1. The Bertz CT molecular complexity index is 921. The first-order chi connectivity index (χ1) is 14.2. The lowest BCUT2D eigenvalue weighted by Gasteiger charge is -2.26. The second-order valence-corrected chi connectivity index (χ2v) is 8.48. The van der Waals surface area contributed by atoms with Crippen molar-refractivity contribution in [3.05, 3.63) is 89.5 Å². The third-order valence-electron chi connectivity index (χ3n) is 5.96. The van der Waals surface area contributed by atoms with Crippen molar-refractivity contribution in [2.24, 2.45) is 5.92 Å². The summed E-state index contributed by atoms with van der Waals surface area (Å²) in [6.45, 7) is 1.80. The second-order valence-electron chi connectivity index (χ2n) is 8.48. The van der Waals surface area contributed by atoms with E-state index >= 15 is 0 Å². The van der Waals surface area contributed by atoms with E-state index in [-0.39, 0.29) is 12.4 Å². The first kappa shape index (κ1) is 22.4. The number of hydrogen-bond acceptors (Lipinski definition) is 2. The van der Waals surface area contributed by atoms with Crippen molar-refractivity contribution in [2.75, 3.05) is 20.6 Å². The topological polar surface area (TPSA) is 12.5 Å². The number of hydrogen-bond donors (Lipinski definition) is 0. The van der Waals surface area contributed by atoms with E-state index in [1.54, 1.807) is 0 Å². The van der Waals surface area contributed by atoms with E-state index < -0.39 is 0 Å². The van der Waals surface area contributed by atoms with Gasteiger partial charge in [-0.25, -0.2) is 0 Å². The van der Waals surface area contributed by atoms with Gasteiger partial charge in [-0.3, -0.25) is 0 Å². The van der Waals surface area contributed by atoms with Gasteiger partial charge in [0, 0.05) is 0 Å². The van der Waals surface area contributed by atoms with Crippen LogP contribution in [0, 0.1) is 5.92 Å². The van der Waals surface area contributed by atoms with Crippen molar-refractivity contribution in [1.29, 1.82) is 0 Å². The summed E-state index contributed by atoms with van der Waals surface area (Å²) in [4.78, 5) is 2.29. The minimum Gasteiger partial charge on any atom is -0.489 e. The van der Waals surface area contributed by atoms with Gasteiger partial charge in [0.2, 0.25) is 0 Å². The van der Waals surface area contributed by atoms with Crippen LogP contribution in [0.1, 0.15) is 29.5 Å². The molecule has 0 fully saturated rings. The van der Waals surface area contributed by atoms with Gasteiger partial charge in [-0.2, -0.15) is 0 Å². The maximum absolute atomic E-state index is 6.10. The lowest BCUT2D eigenvalue weighted by atomic mass is 9.82. The minimum absolute atomic E-state index is 0. The summed E-state index contributed by atoms with van der Waals surface area (Å²) in [5.74, 6) is 1.81. The fourth-order valence-corrected chi connectivity index (χ4v) is 4.17. The van der Waals surface area contributed by atoms with E-state index in [1.165, 1.54) is 60.0 Å². The van der Waals surface area contributed by atoms with Gasteiger partial charge in [-0.15, -0.1) is 12.4 Å². The lowest BCUT2D eigenvalue weighted by molar-refractivity contribution is 0.304. The van der Waals surface area contributed by atoms with Crippen molar-refractivity contribution in [1.82, 2.24) is 4.90 Å². The van der Waals surface area contributed by atoms with Crippen LogP contribution in [0.4, 0.5) is 0 Å². The van der Waals surface area contributed by atoms with Crippen LogP contribution in [0.15, 0.2) is 72.8 Å². The highest BCUT2D eigenvalue weighted by Crippen LogP contribution is 2.30. The quantitative estimate of drug-likeness (QED) is 0.437. The number of halogens is 1. The molecule has 1 aliphatic carbocycles. The number of aryl methyl sites for hydroxylation is 1. The average Bonchev–Trinajstić information content (AvgIpc) is 2.77. The van der Waals surface area contributed by atoms with Gasteiger partial charge in [-0.05, 0) is 92.2 Å². The zero-order valence-electron chi connectivity index (χ0n) is 18.0. The van der Waals surface area contributed by atoms with E-state index in [0.717, 1.165) is 11.7 Å². The minimum atomic E-state index is 0. The molecule has 2 nitrogen and oxygen atoms in total. The van der Waals surface area contributed by atoms with Crippen LogP contribution in [-0.4, -0.2) is 25.5 Å². The molecule has 0 radical (unpaired) electrons. The number of nitrogens with zero attached hydrogens (tertiary/aromatic N) is 1. The van der Waals surface area contributed by atoms with Gasteiger partial charge >= 0.3 is 0 Å². The highest BCUT2D eigenvalue weighted by atomic mass is 35.5. The van der Waals surface area contributed by atoms with Gasteiger partial charge in [0.25, 0.3) is 0 Å². The number of rotatable bonds is 7. The Kier molecular flexibility index (Phi) is 7.95. The van der Waals surface area contributed by atoms with Crippen LogP contribution in [0.25, 0.3) is 11.1 Å². The maximum atomic E-state index is 6.10. The molecule has 30 heavy (non-hydrogen) atoms. The molecule has 3 aromatic carbocycles. The van der Waals surface area contributed by atoms with E-state index in [1.807, 2.05) is 6.07 Å². The summed E-state index contributed by atoms with van der Waals surface area (Å²) in [6.07, 6.45) is 4.98. The summed E-state index contributed by atoms with van der Waals surface area (Å²) in [6, 6.07) is 25.9. The van der Waals surface area contributed by atoms with Crippen molar-refractivity contribution >= 4 is 12.4 Å². The largest absolute Gasteiger partial charge is 0.489 e. The first-order valence-corrected chi connectivity index (χ1v) is 10.7. The Hall–Kier alpha value is -2.29. The van der Waals surface area contributed by atoms with Crippen LogP contribution in [0.2, 0.25) is 0 Å². The van der Waals surface area contributed by atoms with Crippen LogP contribution in [0.3, 0.4) is 0 Å². The summed E-state index contributed by atoms with van der Waals surface area (Å²) < 4.78 is 6.10. The van der Waals surface area contributed by atoms with E-state index in [2.05, 4.69) is 85.7 Å². The molecule has 4 rings (SSSR count). The number of ether oxygens (including phenoxy) is 1. The van der Waals surface area contributed by atoms with Gasteiger partial charge in [0.05, 0.1) is 0 Å². The predicted molar refractivity (Wildman–Crippen MR) is 129 cm³/mol. The summed E-state index contributed by atoms with van der Waals surface area (Å²) in [5, 5.41) is 0. The van der Waals surface area contributed by atoms with Gasteiger partial charge in [0.15, 0.2) is 0 Å². The van der Waals surface area contributed by atoms with Gasteiger partial charge < -0.3 is 9.64 Å². The van der Waals surface area contributed by atoms with Crippen molar-refractivity contribution < 1.29 is 4.74 Å². The molecule has 3 heteroatoms. The Labute approximate surface area is 187 Å². The van der Waals surface area contributed by atoms with Gasteiger partial charge in [-0.1, -0.05) is 60.7 Å². The zero-order valence-corrected chi connectivity index (χ0v) is 18.8. The molecule has 1 unspecified atom stereocenters. The molecular formula is C27H32ClNO. The fourth-order valence-electron chi connectivity index (χ4n) is 4.17. The maximum Gasteiger partial charge on any atom is 0.120 e. The molecule has 0 saturated carbocycles. The Balaban J connectivity index is 0.00000256. The number of fused-ring (bicyclic) bond motifs is 1. The number of benzene rings is 3. The average molecular weight is 422 g/mol. The molecule has 0 bridgehead atoms. The monoisotopic (exact) mass is 421 g/mol. The molecule has 0 saturated heterocycles. The standard InChI is InChI=1S/C27H31NO.ClH/c1-28(2)17-16-21-8-13-26-19-27(15-14-25(26)18-21)29-20-22-9-11-24(12-10-22)23-6-4-3-5-7-23;/h3-7,9-12,14-15,19,21H,8,13,16-18,20H2,1-2H3;1H. The normalized spacial score (nSPS) is 15.4. The molecular weight excluding hydrogens is 390 g/mol. The van der Waals surface area contributed by atoms with Gasteiger partial charge in [0.1, 0.15) is 12.4 Å². The molecule has 0 amide bonds.